The summed E-state index contributed by atoms with van der Waals surface area (Å²) >= 11 is 3.70. The lowest BCUT2D eigenvalue weighted by atomic mass is 9.80. The Kier molecular flexibility index (Phi) is 10.9. The van der Waals surface area contributed by atoms with Gasteiger partial charge in [-0.15, -0.1) is 0 Å². The van der Waals surface area contributed by atoms with Gasteiger partial charge in [0.1, 0.15) is 0 Å². The molecule has 156 valence electrons. The number of hydrogen-bond donors (Lipinski definition) is 3. The van der Waals surface area contributed by atoms with E-state index in [1.807, 2.05) is 18.2 Å². The summed E-state index contributed by atoms with van der Waals surface area (Å²) in [5.74, 6) is -0.457. The number of aliphatic hydroxyl groups is 2. The molecule has 0 aliphatic heterocycles. The van der Waals surface area contributed by atoms with E-state index in [1.165, 1.54) is 0 Å². The minimum Gasteiger partial charge on any atom is -0.481 e. The van der Waals surface area contributed by atoms with E-state index in [1.54, 1.807) is 0 Å². The van der Waals surface area contributed by atoms with E-state index in [2.05, 4.69) is 42.8 Å². The molecule has 1 rings (SSSR count). The molecule has 0 aromatic heterocycles. The fourth-order valence-electron chi connectivity index (χ4n) is 3.68. The quantitative estimate of drug-likeness (QED) is 0.222. The first-order valence-electron chi connectivity index (χ1n) is 10.2. The molecule has 5 atom stereocenters. The molecule has 0 unspecified atom stereocenters. The predicted molar refractivity (Wildman–Crippen MR) is 114 cm³/mol. The number of unbranched alkanes of at least 4 members (excludes halogenated alkanes) is 2. The van der Waals surface area contributed by atoms with Gasteiger partial charge in [0.05, 0.1) is 12.2 Å². The molecule has 1 fully saturated rings. The summed E-state index contributed by atoms with van der Waals surface area (Å²) in [7, 11) is 0. The van der Waals surface area contributed by atoms with Crippen molar-refractivity contribution < 1.29 is 20.1 Å². The van der Waals surface area contributed by atoms with Crippen LogP contribution in [0.3, 0.4) is 0 Å². The van der Waals surface area contributed by atoms with Gasteiger partial charge < -0.3 is 15.3 Å². The van der Waals surface area contributed by atoms with Crippen LogP contribution >= 0.6 is 15.9 Å². The molecule has 4 nitrogen and oxygen atoms in total. The maximum atomic E-state index is 10.6. The molecular weight excluding hydrogens is 408 g/mol. The highest BCUT2D eigenvalue weighted by Gasteiger charge is 2.39. The van der Waals surface area contributed by atoms with Crippen LogP contribution in [0.2, 0.25) is 0 Å². The van der Waals surface area contributed by atoms with Gasteiger partial charge in [0.15, 0.2) is 0 Å². The van der Waals surface area contributed by atoms with Gasteiger partial charge in [-0.25, -0.2) is 0 Å². The Morgan fingerprint density at radius 3 is 2.63 bits per heavy atom. The molecule has 0 heterocycles. The van der Waals surface area contributed by atoms with E-state index in [9.17, 15) is 15.0 Å². The van der Waals surface area contributed by atoms with E-state index < -0.39 is 18.2 Å². The Hall–Kier alpha value is -0.650. The molecule has 1 saturated carbocycles. The van der Waals surface area contributed by atoms with Crippen molar-refractivity contribution in [1.82, 2.24) is 0 Å². The Balaban J connectivity index is 2.62. The van der Waals surface area contributed by atoms with Crippen molar-refractivity contribution in [3.63, 3.8) is 0 Å². The monoisotopic (exact) mass is 444 g/mol. The molecule has 0 saturated heterocycles. The molecule has 0 amide bonds. The van der Waals surface area contributed by atoms with Crippen LogP contribution in [0.1, 0.15) is 72.1 Å². The summed E-state index contributed by atoms with van der Waals surface area (Å²) in [6, 6.07) is 0. The van der Waals surface area contributed by atoms with Crippen LogP contribution in [0.5, 0.6) is 0 Å². The van der Waals surface area contributed by atoms with Crippen molar-refractivity contribution in [3.8, 4) is 0 Å². The Bertz CT molecular complexity index is 501. The molecule has 0 aromatic carbocycles. The van der Waals surface area contributed by atoms with Crippen LogP contribution in [0, 0.1) is 17.3 Å². The maximum absolute atomic E-state index is 10.6. The second-order valence-corrected chi connectivity index (χ2v) is 9.65. The number of carboxylic acid groups (broad SMARTS) is 1. The molecule has 1 aliphatic rings. The molecule has 5 heteroatoms. The molecule has 3 N–H and O–H groups in total. The maximum Gasteiger partial charge on any atom is 0.303 e. The number of carbonyl (C=O) groups is 1. The van der Waals surface area contributed by atoms with Gasteiger partial charge in [-0.1, -0.05) is 73.8 Å². The minimum absolute atomic E-state index is 0.0228. The summed E-state index contributed by atoms with van der Waals surface area (Å²) in [5.41, 5.74) is -0.163. The highest BCUT2D eigenvalue weighted by atomic mass is 79.9. The number of carboxylic acids is 1. The zero-order chi connectivity index (χ0) is 20.4. The average molecular weight is 445 g/mol. The zero-order valence-corrected chi connectivity index (χ0v) is 18.6. The molecule has 0 radical (unpaired) electrons. The third kappa shape index (κ3) is 8.49. The lowest BCUT2D eigenvalue weighted by Crippen LogP contribution is -2.28. The van der Waals surface area contributed by atoms with Crippen molar-refractivity contribution in [1.29, 1.82) is 0 Å². The molecular formula is C22H37BrO4. The van der Waals surface area contributed by atoms with E-state index >= 15 is 0 Å². The first kappa shape index (κ1) is 24.4. The molecule has 0 aromatic rings. The summed E-state index contributed by atoms with van der Waals surface area (Å²) in [5, 5.41) is 29.7. The fourth-order valence-corrected chi connectivity index (χ4v) is 4.63. The van der Waals surface area contributed by atoms with Gasteiger partial charge in [0.2, 0.25) is 0 Å². The summed E-state index contributed by atoms with van der Waals surface area (Å²) in [4.78, 5) is 10.8. The lowest BCUT2D eigenvalue weighted by Gasteiger charge is -2.29. The van der Waals surface area contributed by atoms with Gasteiger partial charge in [0.25, 0.3) is 0 Å². The highest BCUT2D eigenvalue weighted by molar-refractivity contribution is 9.09. The number of alkyl halides is 1. The van der Waals surface area contributed by atoms with Crippen LogP contribution < -0.4 is 0 Å². The number of aliphatic hydroxyl groups excluding tert-OH is 2. The van der Waals surface area contributed by atoms with Gasteiger partial charge in [-0.2, -0.15) is 0 Å². The Morgan fingerprint density at radius 2 is 2.00 bits per heavy atom. The zero-order valence-electron chi connectivity index (χ0n) is 17.0. The van der Waals surface area contributed by atoms with Crippen LogP contribution in [-0.2, 0) is 4.79 Å². The smallest absolute Gasteiger partial charge is 0.303 e. The normalized spacial score (nSPS) is 27.6. The number of halogens is 1. The van der Waals surface area contributed by atoms with Gasteiger partial charge in [-0.05, 0) is 43.4 Å². The Morgan fingerprint density at radius 1 is 1.30 bits per heavy atom. The van der Waals surface area contributed by atoms with Crippen LogP contribution in [0.4, 0.5) is 0 Å². The number of rotatable bonds is 12. The predicted octanol–water partition coefficient (Wildman–Crippen LogP) is 5.08. The third-order valence-corrected chi connectivity index (χ3v) is 6.75. The van der Waals surface area contributed by atoms with Crippen molar-refractivity contribution in [3.05, 3.63) is 24.3 Å². The van der Waals surface area contributed by atoms with E-state index in [0.717, 1.165) is 32.1 Å². The van der Waals surface area contributed by atoms with Crippen LogP contribution in [0.15, 0.2) is 24.3 Å². The second kappa shape index (κ2) is 12.0. The first-order chi connectivity index (χ1) is 12.7. The van der Waals surface area contributed by atoms with Crippen molar-refractivity contribution >= 4 is 21.9 Å². The highest BCUT2D eigenvalue weighted by Crippen LogP contribution is 2.41. The molecule has 1 aliphatic carbocycles. The molecule has 0 spiro atoms. The fraction of sp³-hybridized carbons (Fsp3) is 0.773. The van der Waals surface area contributed by atoms with Gasteiger partial charge in [0, 0.05) is 17.2 Å². The van der Waals surface area contributed by atoms with E-state index in [0.29, 0.717) is 12.8 Å². The third-order valence-electron chi connectivity index (χ3n) is 5.70. The Labute approximate surface area is 172 Å². The molecule has 0 bridgehead atoms. The van der Waals surface area contributed by atoms with Crippen molar-refractivity contribution in [2.75, 3.05) is 0 Å². The summed E-state index contributed by atoms with van der Waals surface area (Å²) < 4.78 is 0. The minimum atomic E-state index is -0.756. The van der Waals surface area contributed by atoms with Crippen LogP contribution in [0.25, 0.3) is 0 Å². The van der Waals surface area contributed by atoms with Gasteiger partial charge >= 0.3 is 5.97 Å². The van der Waals surface area contributed by atoms with Gasteiger partial charge in [-0.3, -0.25) is 4.79 Å². The van der Waals surface area contributed by atoms with Crippen molar-refractivity contribution in [2.45, 2.75) is 89.2 Å². The standard InChI is InChI=1S/C22H37BrO4/c1-4-5-14-22(2,3)20(25)13-12-17-16(18(23)15-19(17)24)10-8-6-7-9-11-21(26)27/h6,8,12-13,16-20,24-25H,4-5,7,9-11,14-15H2,1-3H3,(H,26,27)/t16-,17-,18-,19-,20-/m1/s1. The number of hydrogen-bond acceptors (Lipinski definition) is 3. The average Bonchev–Trinajstić information content (AvgIpc) is 2.86. The number of aliphatic carboxylic acids is 1. The second-order valence-electron chi connectivity index (χ2n) is 8.48. The van der Waals surface area contributed by atoms with E-state index in [4.69, 9.17) is 5.11 Å². The topological polar surface area (TPSA) is 77.8 Å². The van der Waals surface area contributed by atoms with E-state index in [-0.39, 0.29) is 28.5 Å². The number of allylic oxidation sites excluding steroid dienone is 2. The SMILES string of the molecule is CCCCC(C)(C)[C@H](O)C=C[C@@H]1[C@@H](CC=CCCCC(=O)O)[C@H](Br)C[C@H]1O. The van der Waals surface area contributed by atoms with Crippen LogP contribution in [-0.4, -0.2) is 38.3 Å². The summed E-state index contributed by atoms with van der Waals surface area (Å²) in [6.45, 7) is 6.34. The summed E-state index contributed by atoms with van der Waals surface area (Å²) in [6.07, 6.45) is 13.5. The lowest BCUT2D eigenvalue weighted by molar-refractivity contribution is -0.137. The van der Waals surface area contributed by atoms with Crippen molar-refractivity contribution in [2.24, 2.45) is 17.3 Å². The molecule has 27 heavy (non-hydrogen) atoms. The first-order valence-corrected chi connectivity index (χ1v) is 11.2. The largest absolute Gasteiger partial charge is 0.481 e.